The van der Waals surface area contributed by atoms with Crippen LogP contribution in [0.4, 0.5) is 0 Å². The SMILES string of the molecule is CC1=CC(OCC(=O)NC2(C)CC(C)(c3nc(COc4ccc(Cl)cc4)no3)C2)=CCC1. The minimum Gasteiger partial charge on any atom is -0.485 e. The number of halogens is 1. The van der Waals surface area contributed by atoms with Crippen LogP contribution in [0.1, 0.15) is 58.2 Å². The van der Waals surface area contributed by atoms with Gasteiger partial charge in [0, 0.05) is 10.6 Å². The highest BCUT2D eigenvalue weighted by Gasteiger charge is 2.53. The van der Waals surface area contributed by atoms with Gasteiger partial charge in [0.05, 0.1) is 5.41 Å². The number of hydrogen-bond acceptors (Lipinski definition) is 6. The number of nitrogens with one attached hydrogen (secondary N) is 1. The van der Waals surface area contributed by atoms with Crippen molar-refractivity contribution in [2.45, 2.75) is 64.0 Å². The lowest BCUT2D eigenvalue weighted by atomic mass is 9.59. The van der Waals surface area contributed by atoms with Crippen LogP contribution in [-0.2, 0) is 21.6 Å². The number of nitrogens with zero attached hydrogens (tertiary/aromatic N) is 2. The zero-order chi connectivity index (χ0) is 22.8. The Balaban J connectivity index is 1.26. The van der Waals surface area contributed by atoms with Gasteiger partial charge in [-0.3, -0.25) is 4.79 Å². The van der Waals surface area contributed by atoms with Crippen LogP contribution in [0.3, 0.4) is 0 Å². The summed E-state index contributed by atoms with van der Waals surface area (Å²) in [5, 5.41) is 7.78. The maximum Gasteiger partial charge on any atom is 0.258 e. The van der Waals surface area contributed by atoms with E-state index >= 15 is 0 Å². The molecule has 1 aromatic heterocycles. The van der Waals surface area contributed by atoms with Crippen molar-refractivity contribution in [1.29, 1.82) is 0 Å². The number of amides is 1. The largest absolute Gasteiger partial charge is 0.485 e. The highest BCUT2D eigenvalue weighted by molar-refractivity contribution is 6.30. The van der Waals surface area contributed by atoms with Crippen LogP contribution in [-0.4, -0.2) is 28.2 Å². The standard InChI is InChI=1S/C24H28ClN3O4/c1-16-5-4-6-19(11-16)31-13-21(29)27-24(3)14-23(2,15-24)22-26-20(28-32-22)12-30-18-9-7-17(25)8-10-18/h6-11H,4-5,12-15H2,1-3H3,(H,27,29). The third-order valence-corrected chi connectivity index (χ3v) is 6.06. The first-order valence-corrected chi connectivity index (χ1v) is 11.1. The molecule has 1 fully saturated rings. The predicted octanol–water partition coefficient (Wildman–Crippen LogP) is 4.87. The van der Waals surface area contributed by atoms with Crippen molar-refractivity contribution >= 4 is 17.5 Å². The number of ether oxygens (including phenoxy) is 2. The third kappa shape index (κ3) is 5.33. The van der Waals surface area contributed by atoms with Crippen LogP contribution in [0.2, 0.25) is 5.02 Å². The number of aromatic nitrogens is 2. The summed E-state index contributed by atoms with van der Waals surface area (Å²) in [5.74, 6) is 2.36. The van der Waals surface area contributed by atoms with Gasteiger partial charge < -0.3 is 19.3 Å². The molecule has 1 aromatic carbocycles. The highest BCUT2D eigenvalue weighted by atomic mass is 35.5. The van der Waals surface area contributed by atoms with Crippen molar-refractivity contribution in [3.05, 3.63) is 64.5 Å². The fourth-order valence-electron chi connectivity index (χ4n) is 4.58. The maximum atomic E-state index is 12.4. The second-order valence-electron chi connectivity index (χ2n) is 9.21. The Labute approximate surface area is 192 Å². The van der Waals surface area contributed by atoms with Crippen molar-refractivity contribution in [1.82, 2.24) is 15.5 Å². The van der Waals surface area contributed by atoms with Crippen LogP contribution in [0, 0.1) is 0 Å². The van der Waals surface area contributed by atoms with Crippen molar-refractivity contribution < 1.29 is 18.8 Å². The highest BCUT2D eigenvalue weighted by Crippen LogP contribution is 2.49. The minimum atomic E-state index is -0.337. The summed E-state index contributed by atoms with van der Waals surface area (Å²) >= 11 is 5.88. The van der Waals surface area contributed by atoms with Gasteiger partial charge in [0.1, 0.15) is 11.5 Å². The molecule has 1 amide bonds. The molecule has 1 N–H and O–H groups in total. The van der Waals surface area contributed by atoms with E-state index < -0.39 is 0 Å². The number of hydrogen-bond donors (Lipinski definition) is 1. The van der Waals surface area contributed by atoms with Crippen molar-refractivity contribution in [2.75, 3.05) is 6.61 Å². The average Bonchev–Trinajstić information content (AvgIpc) is 3.20. The third-order valence-electron chi connectivity index (χ3n) is 5.81. The lowest BCUT2D eigenvalue weighted by Crippen LogP contribution is -2.61. The zero-order valence-electron chi connectivity index (χ0n) is 18.6. The normalized spacial score (nSPS) is 24.8. The lowest BCUT2D eigenvalue weighted by molar-refractivity contribution is -0.128. The Bertz CT molecular complexity index is 1040. The molecular weight excluding hydrogens is 430 g/mol. The molecule has 0 bridgehead atoms. The molecule has 1 heterocycles. The van der Waals surface area contributed by atoms with E-state index in [0.29, 0.717) is 35.3 Å². The molecule has 32 heavy (non-hydrogen) atoms. The first-order chi connectivity index (χ1) is 15.2. The molecule has 2 aliphatic rings. The van der Waals surface area contributed by atoms with E-state index in [0.717, 1.165) is 18.6 Å². The Morgan fingerprint density at radius 2 is 1.97 bits per heavy atom. The van der Waals surface area contributed by atoms with Crippen LogP contribution in [0.25, 0.3) is 0 Å². The van der Waals surface area contributed by atoms with E-state index in [9.17, 15) is 4.79 Å². The Hall–Kier alpha value is -2.80. The van der Waals surface area contributed by atoms with Gasteiger partial charge in [-0.05, 0) is 75.9 Å². The van der Waals surface area contributed by atoms with Gasteiger partial charge in [0.25, 0.3) is 5.91 Å². The van der Waals surface area contributed by atoms with Gasteiger partial charge in [-0.2, -0.15) is 4.98 Å². The van der Waals surface area contributed by atoms with Gasteiger partial charge in [-0.25, -0.2) is 0 Å². The second-order valence-corrected chi connectivity index (χ2v) is 9.64. The molecule has 170 valence electrons. The molecule has 8 heteroatoms. The first kappa shape index (κ1) is 22.4. The fourth-order valence-corrected chi connectivity index (χ4v) is 4.71. The van der Waals surface area contributed by atoms with E-state index in [1.807, 2.05) is 19.1 Å². The molecule has 2 aromatic rings. The monoisotopic (exact) mass is 457 g/mol. The molecule has 2 aliphatic carbocycles. The summed E-state index contributed by atoms with van der Waals surface area (Å²) in [7, 11) is 0. The van der Waals surface area contributed by atoms with Gasteiger partial charge in [0.15, 0.2) is 13.2 Å². The van der Waals surface area contributed by atoms with Crippen molar-refractivity contribution in [3.63, 3.8) is 0 Å². The number of carbonyl (C=O) groups excluding carboxylic acids is 1. The summed E-state index contributed by atoms with van der Waals surface area (Å²) in [6, 6.07) is 7.10. The second kappa shape index (κ2) is 8.98. The van der Waals surface area contributed by atoms with Crippen LogP contribution in [0.15, 0.2) is 52.3 Å². The number of carbonyl (C=O) groups is 1. The van der Waals surface area contributed by atoms with E-state index in [-0.39, 0.29) is 30.1 Å². The molecule has 1 saturated carbocycles. The summed E-state index contributed by atoms with van der Waals surface area (Å²) in [4.78, 5) is 16.9. The maximum absolute atomic E-state index is 12.4. The summed E-state index contributed by atoms with van der Waals surface area (Å²) in [6.45, 7) is 6.37. The molecule has 0 atom stereocenters. The molecule has 0 saturated heterocycles. The van der Waals surface area contributed by atoms with E-state index in [1.54, 1.807) is 24.3 Å². The minimum absolute atomic E-state index is 0.00859. The quantitative estimate of drug-likeness (QED) is 0.608. The molecule has 0 spiro atoms. The van der Waals surface area contributed by atoms with Gasteiger partial charge >= 0.3 is 0 Å². The zero-order valence-corrected chi connectivity index (χ0v) is 19.4. The Kier molecular flexibility index (Phi) is 6.29. The summed E-state index contributed by atoms with van der Waals surface area (Å²) in [5.41, 5.74) is 0.637. The molecule has 4 rings (SSSR count). The fraction of sp³-hybridized carbons (Fsp3) is 0.458. The Morgan fingerprint density at radius 3 is 2.69 bits per heavy atom. The molecule has 0 unspecified atom stereocenters. The number of rotatable bonds is 8. The predicted molar refractivity (Wildman–Crippen MR) is 120 cm³/mol. The smallest absolute Gasteiger partial charge is 0.258 e. The molecule has 0 aliphatic heterocycles. The summed E-state index contributed by atoms with van der Waals surface area (Å²) in [6.07, 6.45) is 7.40. The molecule has 7 nitrogen and oxygen atoms in total. The van der Waals surface area contributed by atoms with Crippen LogP contribution in [0.5, 0.6) is 5.75 Å². The topological polar surface area (TPSA) is 86.5 Å². The van der Waals surface area contributed by atoms with E-state index in [2.05, 4.69) is 29.3 Å². The number of benzene rings is 1. The molecular formula is C24H28ClN3O4. The van der Waals surface area contributed by atoms with Gasteiger partial charge in [-0.15, -0.1) is 0 Å². The van der Waals surface area contributed by atoms with Crippen molar-refractivity contribution in [3.8, 4) is 5.75 Å². The van der Waals surface area contributed by atoms with Crippen LogP contribution >= 0.6 is 11.6 Å². The van der Waals surface area contributed by atoms with Gasteiger partial charge in [-0.1, -0.05) is 29.3 Å². The van der Waals surface area contributed by atoms with Crippen molar-refractivity contribution in [2.24, 2.45) is 0 Å². The lowest BCUT2D eigenvalue weighted by Gasteiger charge is -2.51. The average molecular weight is 458 g/mol. The van der Waals surface area contributed by atoms with E-state index in [1.165, 1.54) is 5.57 Å². The van der Waals surface area contributed by atoms with E-state index in [4.69, 9.17) is 25.6 Å². The van der Waals surface area contributed by atoms with Gasteiger partial charge in [0.2, 0.25) is 11.7 Å². The van der Waals surface area contributed by atoms with Crippen LogP contribution < -0.4 is 10.1 Å². The Morgan fingerprint density at radius 1 is 1.22 bits per heavy atom. The molecule has 0 radical (unpaired) electrons. The number of allylic oxidation sites excluding steroid dienone is 3. The summed E-state index contributed by atoms with van der Waals surface area (Å²) < 4.78 is 16.8. The first-order valence-electron chi connectivity index (χ1n) is 10.8.